The summed E-state index contributed by atoms with van der Waals surface area (Å²) in [5.41, 5.74) is 0.482. The summed E-state index contributed by atoms with van der Waals surface area (Å²) in [6.45, 7) is -0.809. The topological polar surface area (TPSA) is 108 Å². The third-order valence-corrected chi connectivity index (χ3v) is 2.16. The van der Waals surface area contributed by atoms with E-state index < -0.39 is 24.5 Å². The fourth-order valence-corrected chi connectivity index (χ4v) is 1.33. The van der Waals surface area contributed by atoms with Crippen molar-refractivity contribution in [2.45, 2.75) is 0 Å². The molecule has 8 heteroatoms. The Morgan fingerprint density at radius 1 is 1.16 bits per heavy atom. The van der Waals surface area contributed by atoms with Gasteiger partial charge in [0.05, 0.1) is 6.54 Å². The third kappa shape index (κ3) is 6.27. The number of carbonyl (C=O) groups excluding carboxylic acids is 2. The molecule has 0 unspecified atom stereocenters. The van der Waals surface area contributed by atoms with Gasteiger partial charge in [0, 0.05) is 10.7 Å². The number of aliphatic carboxylic acids is 1. The molecule has 0 saturated carbocycles. The molecule has 1 aromatic rings. The summed E-state index contributed by atoms with van der Waals surface area (Å²) in [5.74, 6) is -1.75. The smallest absolute Gasteiger partial charge is 0.322 e. The van der Waals surface area contributed by atoms with Crippen LogP contribution in [0.5, 0.6) is 0 Å². The predicted octanol–water partition coefficient (Wildman–Crippen LogP) is 0.662. The molecule has 1 rings (SSSR count). The van der Waals surface area contributed by atoms with E-state index in [1.54, 1.807) is 24.3 Å². The van der Waals surface area contributed by atoms with E-state index in [1.807, 2.05) is 0 Å². The Morgan fingerprint density at radius 2 is 1.89 bits per heavy atom. The summed E-state index contributed by atoms with van der Waals surface area (Å²) < 4.78 is 0. The second-order valence-corrected chi connectivity index (χ2v) is 3.92. The second kappa shape index (κ2) is 7.22. The van der Waals surface area contributed by atoms with Crippen LogP contribution in [-0.4, -0.2) is 36.1 Å². The van der Waals surface area contributed by atoms with Crippen LogP contribution in [0.4, 0.5) is 10.5 Å². The van der Waals surface area contributed by atoms with Crippen LogP contribution >= 0.6 is 11.6 Å². The van der Waals surface area contributed by atoms with E-state index in [4.69, 9.17) is 16.7 Å². The number of carbonyl (C=O) groups is 3. The van der Waals surface area contributed by atoms with Gasteiger partial charge in [-0.3, -0.25) is 9.59 Å². The maximum absolute atomic E-state index is 11.4. The molecule has 0 fully saturated rings. The number of halogens is 1. The lowest BCUT2D eigenvalue weighted by Crippen LogP contribution is -2.40. The number of urea groups is 1. The standard InChI is InChI=1S/C11H12ClN3O4/c12-7-2-1-3-8(4-7)15-11(19)14-5-9(16)13-6-10(17)18/h1-4H,5-6H2,(H,13,16)(H,17,18)(H2,14,15,19). The highest BCUT2D eigenvalue weighted by atomic mass is 35.5. The normalized spacial score (nSPS) is 9.53. The molecule has 0 aliphatic rings. The molecule has 4 N–H and O–H groups in total. The van der Waals surface area contributed by atoms with Crippen LogP contribution in [0, 0.1) is 0 Å². The number of rotatable bonds is 5. The summed E-state index contributed by atoms with van der Waals surface area (Å²) in [6, 6.07) is 5.91. The zero-order valence-electron chi connectivity index (χ0n) is 9.77. The number of amides is 3. The molecule has 0 saturated heterocycles. The Bertz CT molecular complexity index is 493. The number of nitrogens with one attached hydrogen (secondary N) is 3. The average Bonchev–Trinajstić information content (AvgIpc) is 2.34. The summed E-state index contributed by atoms with van der Waals surface area (Å²) >= 11 is 5.74. The van der Waals surface area contributed by atoms with Crippen molar-refractivity contribution >= 4 is 35.2 Å². The molecule has 3 amide bonds. The largest absolute Gasteiger partial charge is 0.480 e. The third-order valence-electron chi connectivity index (χ3n) is 1.93. The molecule has 0 atom stereocenters. The van der Waals surface area contributed by atoms with Crippen LogP contribution in [-0.2, 0) is 9.59 Å². The van der Waals surface area contributed by atoms with Gasteiger partial charge in [0.15, 0.2) is 0 Å². The first-order chi connectivity index (χ1) is 8.97. The highest BCUT2D eigenvalue weighted by Gasteiger charge is 2.06. The van der Waals surface area contributed by atoms with Gasteiger partial charge in [-0.2, -0.15) is 0 Å². The van der Waals surface area contributed by atoms with E-state index in [0.717, 1.165) is 0 Å². The van der Waals surface area contributed by atoms with Crippen LogP contribution in [0.15, 0.2) is 24.3 Å². The molecule has 0 radical (unpaired) electrons. The van der Waals surface area contributed by atoms with Crippen molar-refractivity contribution in [2.75, 3.05) is 18.4 Å². The van der Waals surface area contributed by atoms with Gasteiger partial charge < -0.3 is 21.1 Å². The Kier molecular flexibility index (Phi) is 5.62. The number of carboxylic acids is 1. The maximum Gasteiger partial charge on any atom is 0.322 e. The fourth-order valence-electron chi connectivity index (χ4n) is 1.14. The molecule has 0 aromatic heterocycles. The van der Waals surface area contributed by atoms with E-state index in [-0.39, 0.29) is 6.54 Å². The number of anilines is 1. The van der Waals surface area contributed by atoms with Gasteiger partial charge >= 0.3 is 12.0 Å². The Morgan fingerprint density at radius 3 is 2.53 bits per heavy atom. The van der Waals surface area contributed by atoms with Crippen molar-refractivity contribution in [2.24, 2.45) is 0 Å². The Balaban J connectivity index is 2.32. The van der Waals surface area contributed by atoms with Gasteiger partial charge in [0.1, 0.15) is 6.54 Å². The molecular formula is C11H12ClN3O4. The molecule has 0 bridgehead atoms. The first-order valence-electron chi connectivity index (χ1n) is 5.26. The lowest BCUT2D eigenvalue weighted by molar-refractivity contribution is -0.137. The van der Waals surface area contributed by atoms with Gasteiger partial charge in [0.25, 0.3) is 0 Å². The van der Waals surface area contributed by atoms with Gasteiger partial charge in [-0.1, -0.05) is 17.7 Å². The van der Waals surface area contributed by atoms with Crippen LogP contribution in [0.25, 0.3) is 0 Å². The second-order valence-electron chi connectivity index (χ2n) is 3.49. The molecule has 7 nitrogen and oxygen atoms in total. The van der Waals surface area contributed by atoms with Crippen molar-refractivity contribution in [1.29, 1.82) is 0 Å². The lowest BCUT2D eigenvalue weighted by Gasteiger charge is -2.07. The summed E-state index contributed by atoms with van der Waals surface area (Å²) in [7, 11) is 0. The highest BCUT2D eigenvalue weighted by Crippen LogP contribution is 2.14. The highest BCUT2D eigenvalue weighted by molar-refractivity contribution is 6.30. The van der Waals surface area contributed by atoms with Crippen molar-refractivity contribution < 1.29 is 19.5 Å². The monoisotopic (exact) mass is 285 g/mol. The van der Waals surface area contributed by atoms with Crippen molar-refractivity contribution in [3.8, 4) is 0 Å². The minimum Gasteiger partial charge on any atom is -0.480 e. The van der Waals surface area contributed by atoms with Gasteiger partial charge in [-0.25, -0.2) is 4.79 Å². The molecule has 0 spiro atoms. The van der Waals surface area contributed by atoms with Crippen LogP contribution in [0.2, 0.25) is 5.02 Å². The number of carboxylic acid groups (broad SMARTS) is 1. The minimum atomic E-state index is -1.16. The van der Waals surface area contributed by atoms with E-state index in [0.29, 0.717) is 10.7 Å². The van der Waals surface area contributed by atoms with E-state index >= 15 is 0 Å². The predicted molar refractivity (Wildman–Crippen MR) is 69.1 cm³/mol. The van der Waals surface area contributed by atoms with Crippen molar-refractivity contribution in [1.82, 2.24) is 10.6 Å². The number of hydrogen-bond acceptors (Lipinski definition) is 3. The molecule has 0 heterocycles. The average molecular weight is 286 g/mol. The van der Waals surface area contributed by atoms with Gasteiger partial charge in [-0.05, 0) is 18.2 Å². The first-order valence-corrected chi connectivity index (χ1v) is 5.64. The van der Waals surface area contributed by atoms with Crippen molar-refractivity contribution in [3.05, 3.63) is 29.3 Å². The zero-order chi connectivity index (χ0) is 14.3. The Labute approximate surface area is 113 Å². The van der Waals surface area contributed by atoms with Gasteiger partial charge in [-0.15, -0.1) is 0 Å². The van der Waals surface area contributed by atoms with Crippen molar-refractivity contribution in [3.63, 3.8) is 0 Å². The summed E-state index contributed by atoms with van der Waals surface area (Å²) in [5, 5.41) is 15.7. The van der Waals surface area contributed by atoms with E-state index in [9.17, 15) is 14.4 Å². The van der Waals surface area contributed by atoms with E-state index in [1.165, 1.54) is 0 Å². The minimum absolute atomic E-state index is 0.320. The molecule has 0 aliphatic heterocycles. The lowest BCUT2D eigenvalue weighted by atomic mass is 10.3. The first kappa shape index (κ1) is 14.8. The SMILES string of the molecule is O=C(O)CNC(=O)CNC(=O)Nc1cccc(Cl)c1. The molecule has 102 valence electrons. The molecule has 1 aromatic carbocycles. The molecular weight excluding hydrogens is 274 g/mol. The zero-order valence-corrected chi connectivity index (χ0v) is 10.5. The number of benzene rings is 1. The molecule has 19 heavy (non-hydrogen) atoms. The van der Waals surface area contributed by atoms with Crippen LogP contribution < -0.4 is 16.0 Å². The molecule has 0 aliphatic carbocycles. The number of hydrogen-bond donors (Lipinski definition) is 4. The van der Waals surface area contributed by atoms with Gasteiger partial charge in [0.2, 0.25) is 5.91 Å². The maximum atomic E-state index is 11.4. The van der Waals surface area contributed by atoms with Crippen LogP contribution in [0.1, 0.15) is 0 Å². The van der Waals surface area contributed by atoms with E-state index in [2.05, 4.69) is 16.0 Å². The quantitative estimate of drug-likeness (QED) is 0.637. The van der Waals surface area contributed by atoms with Crippen LogP contribution in [0.3, 0.4) is 0 Å². The summed E-state index contributed by atoms with van der Waals surface area (Å²) in [4.78, 5) is 32.7. The Hall–Kier alpha value is -2.28. The summed E-state index contributed by atoms with van der Waals surface area (Å²) in [6.07, 6.45) is 0. The fraction of sp³-hybridized carbons (Fsp3) is 0.182.